The van der Waals surface area contributed by atoms with Crippen molar-refractivity contribution >= 4 is 24.0 Å². The second-order valence-corrected chi connectivity index (χ2v) is 6.70. The number of benzene rings is 1. The van der Waals surface area contributed by atoms with Crippen LogP contribution in [-0.4, -0.2) is 11.4 Å². The fourth-order valence-corrected chi connectivity index (χ4v) is 2.43. The molecule has 0 atom stereocenters. The quantitative estimate of drug-likeness (QED) is 0.833. The topological polar surface area (TPSA) is 55.1 Å². The molecule has 0 saturated heterocycles. The summed E-state index contributed by atoms with van der Waals surface area (Å²) in [6.07, 6.45) is 0.911. The van der Waals surface area contributed by atoms with E-state index in [1.807, 2.05) is 13.8 Å². The Morgan fingerprint density at radius 2 is 1.79 bits per heavy atom. The fraction of sp³-hybridized carbons (Fsp3) is 0.533. The lowest BCUT2D eigenvalue weighted by Crippen LogP contribution is -2.45. The molecular formula is C15H25ClN2O. The minimum atomic E-state index is -0.236. The molecule has 0 unspecified atom stereocenters. The Morgan fingerprint density at radius 3 is 2.26 bits per heavy atom. The lowest BCUT2D eigenvalue weighted by molar-refractivity contribution is 0.0891. The number of carbonyl (C=O) groups is 1. The Bertz CT molecular complexity index is 436. The normalized spacial score (nSPS) is 11.6. The average molecular weight is 285 g/mol. The first-order chi connectivity index (χ1) is 8.09. The monoisotopic (exact) mass is 284 g/mol. The van der Waals surface area contributed by atoms with Crippen molar-refractivity contribution in [1.29, 1.82) is 0 Å². The molecule has 1 rings (SSSR count). The third-order valence-electron chi connectivity index (χ3n) is 2.57. The summed E-state index contributed by atoms with van der Waals surface area (Å²) in [6, 6.07) is 7.04. The number of nitrogen functional groups attached to an aromatic ring is 1. The van der Waals surface area contributed by atoms with E-state index in [1.165, 1.54) is 0 Å². The molecule has 0 radical (unpaired) electrons. The van der Waals surface area contributed by atoms with Crippen LogP contribution in [0.15, 0.2) is 24.3 Å². The van der Waals surface area contributed by atoms with Crippen molar-refractivity contribution in [3.8, 4) is 0 Å². The van der Waals surface area contributed by atoms with Gasteiger partial charge >= 0.3 is 0 Å². The SMILES string of the molecule is CC(C)(C)CC(C)(C)NC(=O)c1cccc(N)c1.Cl. The van der Waals surface area contributed by atoms with Gasteiger partial charge in [-0.3, -0.25) is 4.79 Å². The van der Waals surface area contributed by atoms with Gasteiger partial charge in [0.05, 0.1) is 0 Å². The Labute approximate surface area is 122 Å². The first-order valence-corrected chi connectivity index (χ1v) is 6.27. The number of carbonyl (C=O) groups excluding carboxylic acids is 1. The second kappa shape index (κ2) is 6.29. The second-order valence-electron chi connectivity index (χ2n) is 6.70. The van der Waals surface area contributed by atoms with Gasteiger partial charge in [-0.25, -0.2) is 0 Å². The van der Waals surface area contributed by atoms with Gasteiger partial charge < -0.3 is 11.1 Å². The standard InChI is InChI=1S/C15H24N2O.ClH/c1-14(2,3)10-15(4,5)17-13(18)11-7-6-8-12(16)9-11;/h6-9H,10,16H2,1-5H3,(H,17,18);1H. The Hall–Kier alpha value is -1.22. The summed E-state index contributed by atoms with van der Waals surface area (Å²) in [6.45, 7) is 10.6. The van der Waals surface area contributed by atoms with Gasteiger partial charge in [0.25, 0.3) is 5.91 Å². The van der Waals surface area contributed by atoms with E-state index in [0.717, 1.165) is 6.42 Å². The molecule has 0 aliphatic carbocycles. The summed E-state index contributed by atoms with van der Waals surface area (Å²) in [5.74, 6) is -0.0726. The maximum atomic E-state index is 12.1. The highest BCUT2D eigenvalue weighted by atomic mass is 35.5. The molecular weight excluding hydrogens is 260 g/mol. The van der Waals surface area contributed by atoms with Crippen LogP contribution in [0.3, 0.4) is 0 Å². The van der Waals surface area contributed by atoms with E-state index in [-0.39, 0.29) is 29.3 Å². The zero-order valence-electron chi connectivity index (χ0n) is 12.4. The number of anilines is 1. The number of halogens is 1. The summed E-state index contributed by atoms with van der Waals surface area (Å²) in [4.78, 5) is 12.1. The van der Waals surface area contributed by atoms with Gasteiger partial charge in [-0.05, 0) is 43.9 Å². The molecule has 1 amide bonds. The van der Waals surface area contributed by atoms with Crippen LogP contribution in [0.5, 0.6) is 0 Å². The molecule has 0 bridgehead atoms. The first kappa shape index (κ1) is 17.8. The van der Waals surface area contributed by atoms with E-state index >= 15 is 0 Å². The third kappa shape index (κ3) is 6.48. The van der Waals surface area contributed by atoms with Gasteiger partial charge in [0.15, 0.2) is 0 Å². The van der Waals surface area contributed by atoms with Gasteiger partial charge in [-0.2, -0.15) is 0 Å². The predicted molar refractivity (Wildman–Crippen MR) is 83.7 cm³/mol. The lowest BCUT2D eigenvalue weighted by Gasteiger charge is -2.33. The number of hydrogen-bond acceptors (Lipinski definition) is 2. The zero-order chi connectivity index (χ0) is 14.0. The first-order valence-electron chi connectivity index (χ1n) is 6.27. The molecule has 0 spiro atoms. The smallest absolute Gasteiger partial charge is 0.251 e. The van der Waals surface area contributed by atoms with Gasteiger partial charge in [-0.15, -0.1) is 12.4 Å². The molecule has 0 aromatic heterocycles. The highest BCUT2D eigenvalue weighted by molar-refractivity contribution is 5.95. The maximum absolute atomic E-state index is 12.1. The summed E-state index contributed by atoms with van der Waals surface area (Å²) >= 11 is 0. The molecule has 1 aromatic rings. The summed E-state index contributed by atoms with van der Waals surface area (Å²) < 4.78 is 0. The predicted octanol–water partition coefficient (Wildman–Crippen LogP) is 3.64. The van der Waals surface area contributed by atoms with Crippen molar-refractivity contribution in [2.75, 3.05) is 5.73 Å². The van der Waals surface area contributed by atoms with Crippen LogP contribution in [0.4, 0.5) is 5.69 Å². The van der Waals surface area contributed by atoms with Crippen LogP contribution < -0.4 is 11.1 Å². The molecule has 0 aliphatic rings. The van der Waals surface area contributed by atoms with Crippen LogP contribution in [0.2, 0.25) is 0 Å². The van der Waals surface area contributed by atoms with Crippen molar-refractivity contribution in [3.63, 3.8) is 0 Å². The number of amides is 1. The zero-order valence-corrected chi connectivity index (χ0v) is 13.2. The van der Waals surface area contributed by atoms with E-state index in [1.54, 1.807) is 24.3 Å². The van der Waals surface area contributed by atoms with E-state index in [9.17, 15) is 4.79 Å². The molecule has 0 aliphatic heterocycles. The Kier molecular flexibility index (Phi) is 5.88. The summed E-state index contributed by atoms with van der Waals surface area (Å²) in [7, 11) is 0. The number of nitrogens with one attached hydrogen (secondary N) is 1. The Balaban J connectivity index is 0.00000324. The summed E-state index contributed by atoms with van der Waals surface area (Å²) in [5.41, 5.74) is 6.83. The van der Waals surface area contributed by atoms with Crippen molar-refractivity contribution in [3.05, 3.63) is 29.8 Å². The van der Waals surface area contributed by atoms with Crippen LogP contribution in [-0.2, 0) is 0 Å². The lowest BCUT2D eigenvalue weighted by atomic mass is 9.81. The van der Waals surface area contributed by atoms with E-state index in [4.69, 9.17) is 5.73 Å². The minimum Gasteiger partial charge on any atom is -0.399 e. The third-order valence-corrected chi connectivity index (χ3v) is 2.57. The molecule has 0 saturated carbocycles. The fourth-order valence-electron chi connectivity index (χ4n) is 2.43. The minimum absolute atomic E-state index is 0. The highest BCUT2D eigenvalue weighted by Crippen LogP contribution is 2.27. The average Bonchev–Trinajstić information content (AvgIpc) is 2.12. The van der Waals surface area contributed by atoms with E-state index in [0.29, 0.717) is 11.3 Å². The number of rotatable bonds is 3. The van der Waals surface area contributed by atoms with Crippen LogP contribution in [0.1, 0.15) is 51.4 Å². The molecule has 1 aromatic carbocycles. The molecule has 4 heteroatoms. The van der Waals surface area contributed by atoms with Crippen molar-refractivity contribution in [2.24, 2.45) is 5.41 Å². The van der Waals surface area contributed by atoms with Crippen LogP contribution >= 0.6 is 12.4 Å². The molecule has 0 fully saturated rings. The van der Waals surface area contributed by atoms with Crippen molar-refractivity contribution in [2.45, 2.75) is 46.6 Å². The Morgan fingerprint density at radius 1 is 1.21 bits per heavy atom. The van der Waals surface area contributed by atoms with Crippen LogP contribution in [0.25, 0.3) is 0 Å². The van der Waals surface area contributed by atoms with Crippen molar-refractivity contribution < 1.29 is 4.79 Å². The van der Waals surface area contributed by atoms with Gasteiger partial charge in [-0.1, -0.05) is 26.8 Å². The molecule has 3 nitrogen and oxygen atoms in total. The molecule has 3 N–H and O–H groups in total. The number of nitrogens with two attached hydrogens (primary N) is 1. The molecule has 108 valence electrons. The van der Waals surface area contributed by atoms with Crippen LogP contribution in [0, 0.1) is 5.41 Å². The summed E-state index contributed by atoms with van der Waals surface area (Å²) in [5, 5.41) is 3.06. The van der Waals surface area contributed by atoms with Gasteiger partial charge in [0, 0.05) is 16.8 Å². The molecule has 19 heavy (non-hydrogen) atoms. The van der Waals surface area contributed by atoms with E-state index in [2.05, 4.69) is 26.1 Å². The van der Waals surface area contributed by atoms with Gasteiger partial charge in [0.1, 0.15) is 0 Å². The van der Waals surface area contributed by atoms with E-state index < -0.39 is 0 Å². The molecule has 0 heterocycles. The maximum Gasteiger partial charge on any atom is 0.251 e. The number of hydrogen-bond donors (Lipinski definition) is 2. The van der Waals surface area contributed by atoms with Gasteiger partial charge in [0.2, 0.25) is 0 Å². The van der Waals surface area contributed by atoms with Crippen molar-refractivity contribution in [1.82, 2.24) is 5.32 Å². The largest absolute Gasteiger partial charge is 0.399 e. The highest BCUT2D eigenvalue weighted by Gasteiger charge is 2.27.